The Morgan fingerprint density at radius 3 is 2.68 bits per heavy atom. The van der Waals surface area contributed by atoms with Crippen LogP contribution in [0.5, 0.6) is 0 Å². The van der Waals surface area contributed by atoms with Gasteiger partial charge in [0.1, 0.15) is 0 Å². The average molecular weight is 350 g/mol. The molecule has 1 fully saturated rings. The number of rotatable bonds is 5. The third-order valence-corrected chi connectivity index (χ3v) is 5.44. The van der Waals surface area contributed by atoms with Crippen molar-refractivity contribution >= 4 is 28.1 Å². The molecule has 2 unspecified atom stereocenters. The molecule has 124 valence electrons. The van der Waals surface area contributed by atoms with Gasteiger partial charge in [-0.1, -0.05) is 12.5 Å². The highest BCUT2D eigenvalue weighted by Gasteiger charge is 2.31. The van der Waals surface area contributed by atoms with Crippen LogP contribution in [0, 0.1) is 23.0 Å². The Morgan fingerprint density at radius 1 is 1.41 bits per heavy atom. The van der Waals surface area contributed by atoms with Gasteiger partial charge in [0.2, 0.25) is 10.0 Å². The minimum Gasteiger partial charge on any atom is -0.330 e. The minimum atomic E-state index is -3.77. The number of benzene rings is 1. The summed E-state index contributed by atoms with van der Waals surface area (Å²) in [5.74, 6) is 0.125. The van der Waals surface area contributed by atoms with Crippen LogP contribution in [0.25, 0.3) is 0 Å². The molecule has 0 bridgehead atoms. The van der Waals surface area contributed by atoms with Crippen LogP contribution in [0.4, 0.5) is 5.69 Å². The Labute approximate surface area is 135 Å². The molecule has 22 heavy (non-hydrogen) atoms. The number of nitrogens with zero attached hydrogens (tertiary/aromatic N) is 1. The van der Waals surface area contributed by atoms with Gasteiger partial charge in [-0.15, -0.1) is 12.4 Å². The summed E-state index contributed by atoms with van der Waals surface area (Å²) in [6.07, 6.45) is 2.58. The van der Waals surface area contributed by atoms with E-state index in [1.165, 1.54) is 12.1 Å². The molecule has 1 aliphatic carbocycles. The first-order chi connectivity index (χ1) is 9.85. The zero-order valence-corrected chi connectivity index (χ0v) is 13.8. The van der Waals surface area contributed by atoms with Crippen molar-refractivity contribution in [1.29, 1.82) is 0 Å². The van der Waals surface area contributed by atoms with Crippen LogP contribution in [-0.4, -0.2) is 25.9 Å². The third kappa shape index (κ3) is 3.95. The van der Waals surface area contributed by atoms with Crippen molar-refractivity contribution in [1.82, 2.24) is 4.72 Å². The second kappa shape index (κ2) is 7.36. The summed E-state index contributed by atoms with van der Waals surface area (Å²) >= 11 is 0. The van der Waals surface area contributed by atoms with Gasteiger partial charge >= 0.3 is 0 Å². The number of nitro benzene ring substituents is 1. The molecular weight excluding hydrogens is 330 g/mol. The molecule has 0 saturated heterocycles. The summed E-state index contributed by atoms with van der Waals surface area (Å²) < 4.78 is 27.4. The van der Waals surface area contributed by atoms with Crippen LogP contribution < -0.4 is 10.5 Å². The Kier molecular flexibility index (Phi) is 6.30. The molecule has 0 heterocycles. The Balaban J connectivity index is 0.00000242. The second-order valence-corrected chi connectivity index (χ2v) is 7.07. The van der Waals surface area contributed by atoms with Crippen molar-refractivity contribution in [3.8, 4) is 0 Å². The molecule has 0 aliphatic heterocycles. The number of aryl methyl sites for hydroxylation is 1. The second-order valence-electron chi connectivity index (χ2n) is 5.36. The van der Waals surface area contributed by atoms with Crippen LogP contribution >= 0.6 is 12.4 Å². The number of nitrogens with one attached hydrogen (secondary N) is 1. The normalized spacial score (nSPS) is 21.4. The first kappa shape index (κ1) is 18.8. The maximum atomic E-state index is 12.4. The molecule has 0 radical (unpaired) electrons. The van der Waals surface area contributed by atoms with Crippen LogP contribution in [0.2, 0.25) is 0 Å². The molecule has 1 aliphatic rings. The van der Waals surface area contributed by atoms with Gasteiger partial charge in [0.25, 0.3) is 5.69 Å². The smallest absolute Gasteiger partial charge is 0.273 e. The van der Waals surface area contributed by atoms with Gasteiger partial charge in [0.15, 0.2) is 0 Å². The highest BCUT2D eigenvalue weighted by molar-refractivity contribution is 7.89. The largest absolute Gasteiger partial charge is 0.330 e. The van der Waals surface area contributed by atoms with Gasteiger partial charge in [-0.25, -0.2) is 13.1 Å². The highest BCUT2D eigenvalue weighted by atomic mass is 35.5. The molecule has 0 spiro atoms. The molecule has 2 rings (SSSR count). The van der Waals surface area contributed by atoms with E-state index in [-0.39, 0.29) is 34.9 Å². The predicted molar refractivity (Wildman–Crippen MR) is 85.6 cm³/mol. The number of hydrogen-bond acceptors (Lipinski definition) is 5. The summed E-state index contributed by atoms with van der Waals surface area (Å²) in [6.45, 7) is 2.00. The number of halogens is 1. The van der Waals surface area contributed by atoms with Crippen LogP contribution in [0.1, 0.15) is 24.8 Å². The van der Waals surface area contributed by atoms with Gasteiger partial charge in [0, 0.05) is 17.7 Å². The molecule has 7 nitrogen and oxygen atoms in total. The van der Waals surface area contributed by atoms with Crippen molar-refractivity contribution in [2.45, 2.75) is 37.1 Å². The summed E-state index contributed by atoms with van der Waals surface area (Å²) in [4.78, 5) is 10.3. The molecule has 1 saturated carbocycles. The summed E-state index contributed by atoms with van der Waals surface area (Å²) in [5, 5.41) is 10.9. The summed E-state index contributed by atoms with van der Waals surface area (Å²) in [7, 11) is -3.77. The fourth-order valence-electron chi connectivity index (χ4n) is 2.69. The average Bonchev–Trinajstić information content (AvgIpc) is 2.85. The maximum absolute atomic E-state index is 12.4. The number of hydrogen-bond donors (Lipinski definition) is 2. The van der Waals surface area contributed by atoms with Crippen LogP contribution in [-0.2, 0) is 10.0 Å². The topological polar surface area (TPSA) is 115 Å². The minimum absolute atomic E-state index is 0. The van der Waals surface area contributed by atoms with E-state index in [0.717, 1.165) is 25.3 Å². The number of sulfonamides is 1. The van der Waals surface area contributed by atoms with Gasteiger partial charge < -0.3 is 5.73 Å². The zero-order chi connectivity index (χ0) is 15.6. The van der Waals surface area contributed by atoms with Gasteiger partial charge in [-0.05, 0) is 38.3 Å². The van der Waals surface area contributed by atoms with Crippen molar-refractivity contribution in [3.05, 3.63) is 33.9 Å². The first-order valence-electron chi connectivity index (χ1n) is 6.82. The quantitative estimate of drug-likeness (QED) is 0.620. The van der Waals surface area contributed by atoms with E-state index in [2.05, 4.69) is 4.72 Å². The molecular formula is C13H20ClN3O4S. The first-order valence-corrected chi connectivity index (χ1v) is 8.31. The van der Waals surface area contributed by atoms with Gasteiger partial charge in [-0.3, -0.25) is 10.1 Å². The van der Waals surface area contributed by atoms with E-state index >= 15 is 0 Å². The van der Waals surface area contributed by atoms with Crippen molar-refractivity contribution in [3.63, 3.8) is 0 Å². The lowest BCUT2D eigenvalue weighted by Gasteiger charge is -2.19. The van der Waals surface area contributed by atoms with Crippen molar-refractivity contribution in [2.75, 3.05) is 6.54 Å². The zero-order valence-electron chi connectivity index (χ0n) is 12.2. The summed E-state index contributed by atoms with van der Waals surface area (Å²) in [6, 6.07) is 3.74. The molecule has 1 aromatic carbocycles. The lowest BCUT2D eigenvalue weighted by molar-refractivity contribution is -0.385. The lowest BCUT2D eigenvalue weighted by Crippen LogP contribution is -2.39. The molecule has 0 aromatic heterocycles. The third-order valence-electron chi connectivity index (χ3n) is 3.96. The van der Waals surface area contributed by atoms with E-state index in [1.54, 1.807) is 6.92 Å². The predicted octanol–water partition coefficient (Wildman–Crippen LogP) is 1.73. The summed E-state index contributed by atoms with van der Waals surface area (Å²) in [5.41, 5.74) is 5.88. The molecule has 0 amide bonds. The van der Waals surface area contributed by atoms with Crippen LogP contribution in [0.3, 0.4) is 0 Å². The maximum Gasteiger partial charge on any atom is 0.273 e. The Hall–Kier alpha value is -1.22. The molecule has 9 heteroatoms. The molecule has 3 N–H and O–H groups in total. The fraction of sp³-hybridized carbons (Fsp3) is 0.538. The standard InChI is InChI=1S/C13H19N3O4S.ClH/c1-9-5-6-11(7-13(9)16(17)18)21(19,20)15-12-4-2-3-10(12)8-14;/h5-7,10,12,15H,2-4,8,14H2,1H3;1H. The monoisotopic (exact) mass is 349 g/mol. The number of nitrogens with two attached hydrogens (primary N) is 1. The van der Waals surface area contributed by atoms with E-state index in [1.807, 2.05) is 0 Å². The van der Waals surface area contributed by atoms with Crippen molar-refractivity contribution in [2.24, 2.45) is 11.7 Å². The van der Waals surface area contributed by atoms with Crippen molar-refractivity contribution < 1.29 is 13.3 Å². The molecule has 1 aromatic rings. The number of nitro groups is 1. The SMILES string of the molecule is Cc1ccc(S(=O)(=O)NC2CCCC2CN)cc1[N+](=O)[O-].Cl. The van der Waals surface area contributed by atoms with Crippen LogP contribution in [0.15, 0.2) is 23.1 Å². The van der Waals surface area contributed by atoms with E-state index in [4.69, 9.17) is 5.73 Å². The van der Waals surface area contributed by atoms with E-state index in [0.29, 0.717) is 12.1 Å². The van der Waals surface area contributed by atoms with Gasteiger partial charge in [-0.2, -0.15) is 0 Å². The Bertz CT molecular complexity index is 651. The lowest BCUT2D eigenvalue weighted by atomic mass is 10.1. The Morgan fingerprint density at radius 2 is 2.09 bits per heavy atom. The highest BCUT2D eigenvalue weighted by Crippen LogP contribution is 2.27. The fourth-order valence-corrected chi connectivity index (χ4v) is 4.05. The van der Waals surface area contributed by atoms with E-state index < -0.39 is 14.9 Å². The molecule has 2 atom stereocenters. The van der Waals surface area contributed by atoms with Gasteiger partial charge in [0.05, 0.1) is 9.82 Å². The van der Waals surface area contributed by atoms with E-state index in [9.17, 15) is 18.5 Å².